The molecule has 1 unspecified atom stereocenters. The van der Waals surface area contributed by atoms with Crippen LogP contribution in [0.4, 0.5) is 13.2 Å². The van der Waals surface area contributed by atoms with Crippen molar-refractivity contribution >= 4 is 5.97 Å². The van der Waals surface area contributed by atoms with Gasteiger partial charge in [-0.1, -0.05) is 18.2 Å². The molecule has 0 amide bonds. The van der Waals surface area contributed by atoms with Crippen molar-refractivity contribution in [1.82, 2.24) is 4.90 Å². The maximum atomic E-state index is 12.6. The first kappa shape index (κ1) is 14.8. The molecule has 1 heterocycles. The van der Waals surface area contributed by atoms with Crippen LogP contribution in [0.15, 0.2) is 24.3 Å². The molecule has 0 radical (unpaired) electrons. The van der Waals surface area contributed by atoms with Gasteiger partial charge in [0.25, 0.3) is 0 Å². The Morgan fingerprint density at radius 2 is 2.15 bits per heavy atom. The molecule has 0 aliphatic carbocycles. The van der Waals surface area contributed by atoms with Crippen LogP contribution in [0.5, 0.6) is 0 Å². The van der Waals surface area contributed by atoms with E-state index in [9.17, 15) is 18.0 Å². The van der Waals surface area contributed by atoms with E-state index in [-0.39, 0.29) is 0 Å². The Bertz CT molecular complexity index is 515. The van der Waals surface area contributed by atoms with Gasteiger partial charge in [-0.25, -0.2) is 0 Å². The maximum Gasteiger partial charge on any atom is 0.416 e. The summed E-state index contributed by atoms with van der Waals surface area (Å²) in [7, 11) is 0. The summed E-state index contributed by atoms with van der Waals surface area (Å²) in [5.74, 6) is -0.857. The summed E-state index contributed by atoms with van der Waals surface area (Å²) < 4.78 is 37.9. The van der Waals surface area contributed by atoms with E-state index in [1.807, 2.05) is 4.90 Å². The first-order valence-corrected chi connectivity index (χ1v) is 6.33. The second kappa shape index (κ2) is 5.09. The SMILES string of the molecule is CC1(C(=O)O)CCN(Cc2cccc(C(F)(F)F)c2)C1. The Hall–Kier alpha value is -1.56. The lowest BCUT2D eigenvalue weighted by Gasteiger charge is -2.20. The molecule has 110 valence electrons. The Morgan fingerprint density at radius 1 is 1.45 bits per heavy atom. The molecule has 1 aliphatic rings. The summed E-state index contributed by atoms with van der Waals surface area (Å²) >= 11 is 0. The molecule has 0 bridgehead atoms. The van der Waals surface area contributed by atoms with Crippen LogP contribution in [0.2, 0.25) is 0 Å². The van der Waals surface area contributed by atoms with E-state index in [2.05, 4.69) is 0 Å². The predicted octanol–water partition coefficient (Wildman–Crippen LogP) is 3.00. The monoisotopic (exact) mass is 287 g/mol. The van der Waals surface area contributed by atoms with Gasteiger partial charge in [-0.2, -0.15) is 13.2 Å². The van der Waals surface area contributed by atoms with Crippen LogP contribution in [-0.2, 0) is 17.5 Å². The molecular weight excluding hydrogens is 271 g/mol. The van der Waals surface area contributed by atoms with E-state index in [1.54, 1.807) is 13.0 Å². The van der Waals surface area contributed by atoms with Crippen LogP contribution in [-0.4, -0.2) is 29.1 Å². The number of aliphatic carboxylic acids is 1. The topological polar surface area (TPSA) is 40.5 Å². The van der Waals surface area contributed by atoms with E-state index >= 15 is 0 Å². The van der Waals surface area contributed by atoms with E-state index in [4.69, 9.17) is 5.11 Å². The highest BCUT2D eigenvalue weighted by Crippen LogP contribution is 2.32. The molecule has 0 aromatic heterocycles. The Labute approximate surface area is 115 Å². The number of halogens is 3. The van der Waals surface area contributed by atoms with E-state index in [0.29, 0.717) is 31.6 Å². The summed E-state index contributed by atoms with van der Waals surface area (Å²) in [5, 5.41) is 9.13. The van der Waals surface area contributed by atoms with Crippen molar-refractivity contribution in [3.8, 4) is 0 Å². The number of benzene rings is 1. The van der Waals surface area contributed by atoms with Crippen LogP contribution in [0.3, 0.4) is 0 Å². The van der Waals surface area contributed by atoms with E-state index in [0.717, 1.165) is 12.1 Å². The third-order valence-corrected chi connectivity index (χ3v) is 3.73. The first-order valence-electron chi connectivity index (χ1n) is 6.33. The summed E-state index contributed by atoms with van der Waals surface area (Å²) in [5.41, 5.74) is -0.925. The highest BCUT2D eigenvalue weighted by atomic mass is 19.4. The van der Waals surface area contributed by atoms with Crippen molar-refractivity contribution in [2.45, 2.75) is 26.1 Å². The van der Waals surface area contributed by atoms with Crippen LogP contribution in [0.1, 0.15) is 24.5 Å². The van der Waals surface area contributed by atoms with Crippen molar-refractivity contribution in [3.05, 3.63) is 35.4 Å². The second-order valence-corrected chi connectivity index (χ2v) is 5.52. The van der Waals surface area contributed by atoms with Crippen LogP contribution in [0.25, 0.3) is 0 Å². The highest BCUT2D eigenvalue weighted by molar-refractivity contribution is 5.74. The zero-order valence-corrected chi connectivity index (χ0v) is 11.1. The number of carboxylic acids is 1. The fraction of sp³-hybridized carbons (Fsp3) is 0.500. The van der Waals surface area contributed by atoms with Crippen molar-refractivity contribution in [2.75, 3.05) is 13.1 Å². The number of alkyl halides is 3. The Morgan fingerprint density at radius 3 is 2.70 bits per heavy atom. The second-order valence-electron chi connectivity index (χ2n) is 5.52. The largest absolute Gasteiger partial charge is 0.481 e. The summed E-state index contributed by atoms with van der Waals surface area (Å²) in [6.07, 6.45) is -3.84. The van der Waals surface area contributed by atoms with Crippen molar-refractivity contribution in [2.24, 2.45) is 5.41 Å². The van der Waals surface area contributed by atoms with Gasteiger partial charge in [0, 0.05) is 13.1 Å². The van der Waals surface area contributed by atoms with E-state index in [1.165, 1.54) is 6.07 Å². The summed E-state index contributed by atoms with van der Waals surface area (Å²) in [6, 6.07) is 5.17. The smallest absolute Gasteiger partial charge is 0.416 e. The van der Waals surface area contributed by atoms with Gasteiger partial charge in [0.05, 0.1) is 11.0 Å². The van der Waals surface area contributed by atoms with Gasteiger partial charge in [0.2, 0.25) is 0 Å². The van der Waals surface area contributed by atoms with Crippen molar-refractivity contribution in [3.63, 3.8) is 0 Å². The van der Waals surface area contributed by atoms with Gasteiger partial charge < -0.3 is 5.11 Å². The standard InChI is InChI=1S/C14H16F3NO2/c1-13(12(19)20)5-6-18(9-13)8-10-3-2-4-11(7-10)14(15,16)17/h2-4,7H,5-6,8-9H2,1H3,(H,19,20). The number of hydrogen-bond donors (Lipinski definition) is 1. The average Bonchev–Trinajstić information content (AvgIpc) is 2.72. The number of hydrogen-bond acceptors (Lipinski definition) is 2. The minimum Gasteiger partial charge on any atom is -0.481 e. The van der Waals surface area contributed by atoms with Gasteiger partial charge in [0.15, 0.2) is 0 Å². The minimum absolute atomic E-state index is 0.340. The molecule has 1 N–H and O–H groups in total. The lowest BCUT2D eigenvalue weighted by Crippen LogP contribution is -2.31. The summed E-state index contributed by atoms with van der Waals surface area (Å²) in [4.78, 5) is 13.0. The molecule has 1 aliphatic heterocycles. The molecule has 6 heteroatoms. The van der Waals surface area contributed by atoms with Crippen LogP contribution >= 0.6 is 0 Å². The molecule has 1 atom stereocenters. The number of carbonyl (C=O) groups is 1. The lowest BCUT2D eigenvalue weighted by atomic mass is 9.90. The fourth-order valence-electron chi connectivity index (χ4n) is 2.47. The minimum atomic E-state index is -4.35. The van der Waals surface area contributed by atoms with Crippen LogP contribution in [0, 0.1) is 5.41 Å². The van der Waals surface area contributed by atoms with Gasteiger partial charge in [-0.05, 0) is 31.5 Å². The number of likely N-dealkylation sites (tertiary alicyclic amines) is 1. The van der Waals surface area contributed by atoms with Gasteiger partial charge in [-0.3, -0.25) is 9.69 Å². The molecule has 2 rings (SSSR count). The van der Waals surface area contributed by atoms with E-state index < -0.39 is 23.1 Å². The maximum absolute atomic E-state index is 12.6. The van der Waals surface area contributed by atoms with Gasteiger partial charge in [-0.15, -0.1) is 0 Å². The third-order valence-electron chi connectivity index (χ3n) is 3.73. The predicted molar refractivity (Wildman–Crippen MR) is 67.1 cm³/mol. The van der Waals surface area contributed by atoms with Crippen molar-refractivity contribution in [1.29, 1.82) is 0 Å². The molecule has 0 spiro atoms. The van der Waals surface area contributed by atoms with Gasteiger partial charge in [0.1, 0.15) is 0 Å². The Balaban J connectivity index is 2.07. The average molecular weight is 287 g/mol. The first-order chi connectivity index (χ1) is 9.21. The molecule has 1 aromatic carbocycles. The summed E-state index contributed by atoms with van der Waals surface area (Å²) in [6.45, 7) is 2.95. The number of nitrogens with zero attached hydrogens (tertiary/aromatic N) is 1. The quantitative estimate of drug-likeness (QED) is 0.929. The molecular formula is C14H16F3NO2. The molecule has 20 heavy (non-hydrogen) atoms. The zero-order valence-electron chi connectivity index (χ0n) is 11.1. The highest BCUT2D eigenvalue weighted by Gasteiger charge is 2.40. The molecule has 3 nitrogen and oxygen atoms in total. The van der Waals surface area contributed by atoms with Gasteiger partial charge >= 0.3 is 12.1 Å². The van der Waals surface area contributed by atoms with Crippen LogP contribution < -0.4 is 0 Å². The normalized spacial score (nSPS) is 24.0. The third kappa shape index (κ3) is 3.12. The molecule has 0 saturated carbocycles. The fourth-order valence-corrected chi connectivity index (χ4v) is 2.47. The number of carboxylic acid groups (broad SMARTS) is 1. The molecule has 1 aromatic rings. The zero-order chi connectivity index (χ0) is 15.0. The molecule has 1 fully saturated rings. The number of rotatable bonds is 3. The Kier molecular flexibility index (Phi) is 3.77. The lowest BCUT2D eigenvalue weighted by molar-refractivity contribution is -0.147. The molecule has 1 saturated heterocycles. The van der Waals surface area contributed by atoms with Crippen molar-refractivity contribution < 1.29 is 23.1 Å².